The van der Waals surface area contributed by atoms with Gasteiger partial charge in [0.15, 0.2) is 0 Å². The molecular weight excluding hydrogens is 299 g/mol. The summed E-state index contributed by atoms with van der Waals surface area (Å²) in [5.74, 6) is -1.40. The van der Waals surface area contributed by atoms with Gasteiger partial charge in [-0.15, -0.1) is 0 Å². The van der Waals surface area contributed by atoms with E-state index in [0.29, 0.717) is 0 Å². The third-order valence-electron chi connectivity index (χ3n) is 3.49. The summed E-state index contributed by atoms with van der Waals surface area (Å²) < 4.78 is 44.1. The number of hydrogen-bond donors (Lipinski definition) is 1. The highest BCUT2D eigenvalue weighted by atomic mass is 19.4. The molecule has 0 fully saturated rings. The molecule has 0 amide bonds. The van der Waals surface area contributed by atoms with Crippen LogP contribution in [-0.4, -0.2) is 18.4 Å². The van der Waals surface area contributed by atoms with Gasteiger partial charge in [0.1, 0.15) is 11.2 Å². The second kappa shape index (κ2) is 6.37. The van der Waals surface area contributed by atoms with Crippen molar-refractivity contribution in [3.05, 3.63) is 29.3 Å². The van der Waals surface area contributed by atoms with E-state index in [9.17, 15) is 22.8 Å². The Bertz CT molecular complexity index is 584. The molecule has 22 heavy (non-hydrogen) atoms. The first-order valence-corrected chi connectivity index (χ1v) is 6.66. The zero-order chi connectivity index (χ0) is 17.1. The molecular formula is C15H18F3NO3. The number of esters is 1. The van der Waals surface area contributed by atoms with E-state index in [1.54, 1.807) is 6.92 Å². The molecule has 0 aromatic heterocycles. The van der Waals surface area contributed by atoms with Crippen LogP contribution in [0.5, 0.6) is 0 Å². The highest BCUT2D eigenvalue weighted by Gasteiger charge is 2.43. The maximum Gasteiger partial charge on any atom is 0.416 e. The van der Waals surface area contributed by atoms with Gasteiger partial charge in [0.05, 0.1) is 12.2 Å². The number of carbonyl (C=O) groups is 2. The van der Waals surface area contributed by atoms with E-state index >= 15 is 0 Å². The van der Waals surface area contributed by atoms with Crippen molar-refractivity contribution >= 4 is 17.4 Å². The molecule has 0 saturated carbocycles. The lowest BCUT2D eigenvalue weighted by Gasteiger charge is -2.26. The lowest BCUT2D eigenvalue weighted by molar-refractivity contribution is -0.159. The molecule has 0 bridgehead atoms. The van der Waals surface area contributed by atoms with Gasteiger partial charge in [0.2, 0.25) is 0 Å². The second-order valence-corrected chi connectivity index (χ2v) is 5.20. The molecule has 0 saturated heterocycles. The average Bonchev–Trinajstić information content (AvgIpc) is 2.39. The van der Waals surface area contributed by atoms with Gasteiger partial charge in [-0.1, -0.05) is 6.07 Å². The van der Waals surface area contributed by atoms with Crippen LogP contribution in [0.15, 0.2) is 18.2 Å². The SMILES string of the molecule is CCOC(=O)C(C)(Cc1ccc(N)cc1C(F)(F)F)C(C)=O. The first-order chi connectivity index (χ1) is 10.0. The van der Waals surface area contributed by atoms with Gasteiger partial charge >= 0.3 is 12.1 Å². The van der Waals surface area contributed by atoms with E-state index in [0.717, 1.165) is 13.0 Å². The summed E-state index contributed by atoms with van der Waals surface area (Å²) in [6.07, 6.45) is -5.03. The Morgan fingerprint density at radius 1 is 1.27 bits per heavy atom. The molecule has 0 aliphatic heterocycles. The number of nitrogens with two attached hydrogens (primary N) is 1. The Kier molecular flexibility index (Phi) is 5.22. The van der Waals surface area contributed by atoms with Crippen LogP contribution < -0.4 is 5.73 Å². The van der Waals surface area contributed by atoms with Crippen molar-refractivity contribution in [2.45, 2.75) is 33.4 Å². The lowest BCUT2D eigenvalue weighted by Crippen LogP contribution is -2.39. The monoisotopic (exact) mass is 317 g/mol. The number of alkyl halides is 3. The summed E-state index contributed by atoms with van der Waals surface area (Å²) in [6.45, 7) is 4.03. The largest absolute Gasteiger partial charge is 0.465 e. The Hall–Kier alpha value is -2.05. The van der Waals surface area contributed by atoms with Gasteiger partial charge in [0, 0.05) is 5.69 Å². The van der Waals surface area contributed by atoms with Crippen molar-refractivity contribution in [1.29, 1.82) is 0 Å². The van der Waals surface area contributed by atoms with Crippen molar-refractivity contribution in [2.24, 2.45) is 5.41 Å². The Morgan fingerprint density at radius 3 is 2.32 bits per heavy atom. The predicted molar refractivity (Wildman–Crippen MR) is 75.0 cm³/mol. The van der Waals surface area contributed by atoms with Gasteiger partial charge in [-0.2, -0.15) is 13.2 Å². The molecule has 2 N–H and O–H groups in total. The van der Waals surface area contributed by atoms with Gasteiger partial charge < -0.3 is 10.5 Å². The molecule has 4 nitrogen and oxygen atoms in total. The molecule has 0 heterocycles. The molecule has 1 aromatic rings. The number of benzene rings is 1. The van der Waals surface area contributed by atoms with Crippen molar-refractivity contribution in [3.63, 3.8) is 0 Å². The van der Waals surface area contributed by atoms with Gasteiger partial charge in [-0.05, 0) is 44.9 Å². The van der Waals surface area contributed by atoms with Gasteiger partial charge in [-0.3, -0.25) is 9.59 Å². The van der Waals surface area contributed by atoms with E-state index in [-0.39, 0.29) is 17.9 Å². The summed E-state index contributed by atoms with van der Waals surface area (Å²) in [6, 6.07) is 3.27. The van der Waals surface area contributed by atoms with Gasteiger partial charge in [0.25, 0.3) is 0 Å². The maximum absolute atomic E-state index is 13.1. The number of halogens is 3. The van der Waals surface area contributed by atoms with E-state index in [1.165, 1.54) is 19.1 Å². The van der Waals surface area contributed by atoms with Crippen LogP contribution in [0.2, 0.25) is 0 Å². The Balaban J connectivity index is 3.31. The summed E-state index contributed by atoms with van der Waals surface area (Å²) in [7, 11) is 0. The van der Waals surface area contributed by atoms with Gasteiger partial charge in [-0.25, -0.2) is 0 Å². The lowest BCUT2D eigenvalue weighted by atomic mass is 9.79. The normalized spacial score (nSPS) is 14.3. The summed E-state index contributed by atoms with van der Waals surface area (Å²) in [5.41, 5.74) is 2.55. The first-order valence-electron chi connectivity index (χ1n) is 6.66. The van der Waals surface area contributed by atoms with E-state index < -0.39 is 35.3 Å². The fraction of sp³-hybridized carbons (Fsp3) is 0.467. The minimum Gasteiger partial charge on any atom is -0.465 e. The molecule has 122 valence electrons. The van der Waals surface area contributed by atoms with Crippen LogP contribution in [0.3, 0.4) is 0 Å². The number of Topliss-reactive ketones (excluding diaryl/α,β-unsaturated/α-hetero) is 1. The quantitative estimate of drug-likeness (QED) is 0.515. The Morgan fingerprint density at radius 2 is 1.86 bits per heavy atom. The van der Waals surface area contributed by atoms with Crippen molar-refractivity contribution in [1.82, 2.24) is 0 Å². The van der Waals surface area contributed by atoms with E-state index in [4.69, 9.17) is 10.5 Å². The number of nitrogen functional groups attached to an aromatic ring is 1. The molecule has 0 aliphatic rings. The van der Waals surface area contributed by atoms with Crippen LogP contribution in [-0.2, 0) is 26.9 Å². The predicted octanol–water partition coefficient (Wildman–Crippen LogP) is 2.99. The van der Waals surface area contributed by atoms with Crippen LogP contribution in [0.4, 0.5) is 18.9 Å². The fourth-order valence-electron chi connectivity index (χ4n) is 2.02. The van der Waals surface area contributed by atoms with Crippen LogP contribution in [0.25, 0.3) is 0 Å². The molecule has 0 aliphatic carbocycles. The maximum atomic E-state index is 13.1. The summed E-state index contributed by atoms with van der Waals surface area (Å²) in [5, 5.41) is 0. The highest BCUT2D eigenvalue weighted by Crippen LogP contribution is 2.37. The number of ether oxygens (including phenoxy) is 1. The third-order valence-corrected chi connectivity index (χ3v) is 3.49. The third kappa shape index (κ3) is 3.78. The second-order valence-electron chi connectivity index (χ2n) is 5.20. The fourth-order valence-corrected chi connectivity index (χ4v) is 2.02. The number of carbonyl (C=O) groups excluding carboxylic acids is 2. The Labute approximate surface area is 126 Å². The molecule has 0 spiro atoms. The average molecular weight is 317 g/mol. The van der Waals surface area contributed by atoms with E-state index in [2.05, 4.69) is 0 Å². The van der Waals surface area contributed by atoms with Crippen molar-refractivity contribution < 1.29 is 27.5 Å². The zero-order valence-electron chi connectivity index (χ0n) is 12.6. The molecule has 1 rings (SSSR count). The topological polar surface area (TPSA) is 69.4 Å². The minimum absolute atomic E-state index is 0.0373. The van der Waals surface area contributed by atoms with Crippen LogP contribution >= 0.6 is 0 Å². The zero-order valence-corrected chi connectivity index (χ0v) is 12.6. The van der Waals surface area contributed by atoms with Crippen LogP contribution in [0.1, 0.15) is 31.9 Å². The van der Waals surface area contributed by atoms with Crippen molar-refractivity contribution in [3.8, 4) is 0 Å². The molecule has 1 atom stereocenters. The smallest absolute Gasteiger partial charge is 0.416 e. The van der Waals surface area contributed by atoms with Crippen molar-refractivity contribution in [2.75, 3.05) is 12.3 Å². The number of anilines is 1. The number of rotatable bonds is 5. The molecule has 1 aromatic carbocycles. The number of hydrogen-bond acceptors (Lipinski definition) is 4. The minimum atomic E-state index is -4.63. The summed E-state index contributed by atoms with van der Waals surface area (Å²) in [4.78, 5) is 23.8. The standard InChI is InChI=1S/C15H18F3NO3/c1-4-22-13(21)14(3,9(2)20)8-10-5-6-11(19)7-12(10)15(16,17)18/h5-7H,4,8,19H2,1-3H3. The van der Waals surface area contributed by atoms with Crippen LogP contribution in [0, 0.1) is 5.41 Å². The highest BCUT2D eigenvalue weighted by molar-refractivity contribution is 6.02. The van der Waals surface area contributed by atoms with E-state index in [1.807, 2.05) is 0 Å². The first kappa shape index (κ1) is 18.0. The molecule has 1 unspecified atom stereocenters. The summed E-state index contributed by atoms with van der Waals surface area (Å²) >= 11 is 0. The number of ketones is 1. The molecule has 0 radical (unpaired) electrons. The molecule has 7 heteroatoms.